The highest BCUT2D eigenvalue weighted by Crippen LogP contribution is 2.34. The van der Waals surface area contributed by atoms with Gasteiger partial charge in [-0.05, 0) is 64.7 Å². The quantitative estimate of drug-likeness (QED) is 0.630. The Hall–Kier alpha value is -2.84. The van der Waals surface area contributed by atoms with Crippen LogP contribution in [0.5, 0.6) is 0 Å². The van der Waals surface area contributed by atoms with Gasteiger partial charge in [-0.25, -0.2) is 0 Å². The molecule has 1 unspecified atom stereocenters. The SMILES string of the molecule is C/C(=C\C=C/N)c1ccc(-c2ccc3ccccc3c2C(C)N)cc1. The summed E-state index contributed by atoms with van der Waals surface area (Å²) in [6, 6.07) is 21.3. The Bertz CT molecular complexity index is 932. The summed E-state index contributed by atoms with van der Waals surface area (Å²) in [4.78, 5) is 0. The predicted octanol–water partition coefficient (Wildman–Crippen LogP) is 5.40. The molecule has 0 bridgehead atoms. The number of hydrogen-bond acceptors (Lipinski definition) is 2. The Morgan fingerprint density at radius 3 is 2.36 bits per heavy atom. The summed E-state index contributed by atoms with van der Waals surface area (Å²) in [6.45, 7) is 4.13. The first-order valence-electron chi connectivity index (χ1n) is 8.55. The zero-order valence-electron chi connectivity index (χ0n) is 14.7. The van der Waals surface area contributed by atoms with Crippen molar-refractivity contribution in [1.29, 1.82) is 0 Å². The van der Waals surface area contributed by atoms with Gasteiger partial charge in [0, 0.05) is 6.04 Å². The molecule has 0 aromatic heterocycles. The lowest BCUT2D eigenvalue weighted by Crippen LogP contribution is -2.07. The summed E-state index contributed by atoms with van der Waals surface area (Å²) in [5.41, 5.74) is 17.7. The summed E-state index contributed by atoms with van der Waals surface area (Å²) in [7, 11) is 0. The van der Waals surface area contributed by atoms with Gasteiger partial charge in [-0.15, -0.1) is 0 Å². The van der Waals surface area contributed by atoms with Crippen molar-refractivity contribution in [3.63, 3.8) is 0 Å². The second kappa shape index (κ2) is 7.37. The zero-order valence-corrected chi connectivity index (χ0v) is 14.7. The van der Waals surface area contributed by atoms with E-state index in [-0.39, 0.29) is 6.04 Å². The van der Waals surface area contributed by atoms with Crippen molar-refractivity contribution >= 4 is 16.3 Å². The maximum absolute atomic E-state index is 6.32. The molecule has 25 heavy (non-hydrogen) atoms. The number of fused-ring (bicyclic) bond motifs is 1. The monoisotopic (exact) mass is 328 g/mol. The van der Waals surface area contributed by atoms with Gasteiger partial charge in [0.25, 0.3) is 0 Å². The molecule has 0 heterocycles. The second-order valence-corrected chi connectivity index (χ2v) is 6.35. The number of nitrogens with two attached hydrogens (primary N) is 2. The molecule has 0 fully saturated rings. The average molecular weight is 328 g/mol. The Kier molecular flexibility index (Phi) is 5.01. The fourth-order valence-corrected chi connectivity index (χ4v) is 3.25. The van der Waals surface area contributed by atoms with Crippen LogP contribution in [0.2, 0.25) is 0 Å². The first kappa shape index (κ1) is 17.0. The molecule has 3 aromatic carbocycles. The molecule has 0 saturated carbocycles. The maximum atomic E-state index is 6.32. The van der Waals surface area contributed by atoms with Crippen LogP contribution in [-0.4, -0.2) is 0 Å². The summed E-state index contributed by atoms with van der Waals surface area (Å²) >= 11 is 0. The molecule has 0 saturated heterocycles. The molecule has 0 aliphatic heterocycles. The highest BCUT2D eigenvalue weighted by atomic mass is 14.6. The van der Waals surface area contributed by atoms with Crippen LogP contribution in [0.15, 0.2) is 79.0 Å². The molecule has 0 spiro atoms. The van der Waals surface area contributed by atoms with Crippen LogP contribution in [0, 0.1) is 0 Å². The lowest BCUT2D eigenvalue weighted by atomic mass is 9.90. The molecule has 0 radical (unpaired) electrons. The Morgan fingerprint density at radius 2 is 1.68 bits per heavy atom. The summed E-state index contributed by atoms with van der Waals surface area (Å²) in [5, 5.41) is 2.45. The zero-order chi connectivity index (χ0) is 17.8. The van der Waals surface area contributed by atoms with E-state index in [4.69, 9.17) is 11.5 Å². The molecule has 3 aromatic rings. The van der Waals surface area contributed by atoms with Crippen LogP contribution in [0.1, 0.15) is 31.0 Å². The minimum Gasteiger partial charge on any atom is -0.405 e. The fourth-order valence-electron chi connectivity index (χ4n) is 3.25. The van der Waals surface area contributed by atoms with E-state index in [0.717, 1.165) is 0 Å². The molecule has 126 valence electrons. The van der Waals surface area contributed by atoms with Crippen molar-refractivity contribution in [3.8, 4) is 11.1 Å². The lowest BCUT2D eigenvalue weighted by Gasteiger charge is -2.17. The van der Waals surface area contributed by atoms with Gasteiger partial charge >= 0.3 is 0 Å². The van der Waals surface area contributed by atoms with Gasteiger partial charge in [0.1, 0.15) is 0 Å². The molecule has 3 rings (SSSR count). The molecule has 4 N–H and O–H groups in total. The van der Waals surface area contributed by atoms with Gasteiger partial charge in [0.05, 0.1) is 0 Å². The predicted molar refractivity (Wildman–Crippen MR) is 109 cm³/mol. The van der Waals surface area contributed by atoms with Crippen molar-refractivity contribution in [2.24, 2.45) is 11.5 Å². The first-order valence-corrected chi connectivity index (χ1v) is 8.55. The summed E-state index contributed by atoms with van der Waals surface area (Å²) in [6.07, 6.45) is 5.40. The van der Waals surface area contributed by atoms with Crippen molar-refractivity contribution in [1.82, 2.24) is 0 Å². The Labute approximate surface area is 149 Å². The number of allylic oxidation sites excluding steroid dienone is 3. The highest BCUT2D eigenvalue weighted by Gasteiger charge is 2.13. The van der Waals surface area contributed by atoms with E-state index in [0.29, 0.717) is 0 Å². The van der Waals surface area contributed by atoms with Gasteiger partial charge < -0.3 is 11.5 Å². The largest absolute Gasteiger partial charge is 0.405 e. The number of rotatable bonds is 4. The first-order chi connectivity index (χ1) is 12.1. The number of benzene rings is 3. The normalized spacial score (nSPS) is 13.5. The van der Waals surface area contributed by atoms with Crippen LogP contribution in [-0.2, 0) is 0 Å². The molecule has 2 heteroatoms. The van der Waals surface area contributed by atoms with Crippen LogP contribution >= 0.6 is 0 Å². The highest BCUT2D eigenvalue weighted by molar-refractivity contribution is 5.92. The van der Waals surface area contributed by atoms with E-state index < -0.39 is 0 Å². The van der Waals surface area contributed by atoms with E-state index in [1.54, 1.807) is 6.20 Å². The topological polar surface area (TPSA) is 52.0 Å². The fraction of sp³-hybridized carbons (Fsp3) is 0.130. The van der Waals surface area contributed by atoms with E-state index >= 15 is 0 Å². The van der Waals surface area contributed by atoms with Crippen LogP contribution in [0.25, 0.3) is 27.5 Å². The molecule has 0 aliphatic rings. The molecule has 2 nitrogen and oxygen atoms in total. The van der Waals surface area contributed by atoms with Crippen LogP contribution < -0.4 is 11.5 Å². The third-order valence-corrected chi connectivity index (χ3v) is 4.53. The van der Waals surface area contributed by atoms with Gasteiger partial charge in [0.15, 0.2) is 0 Å². The van der Waals surface area contributed by atoms with Gasteiger partial charge in [-0.3, -0.25) is 0 Å². The van der Waals surface area contributed by atoms with Gasteiger partial charge in [0.2, 0.25) is 0 Å². The molecule has 0 aliphatic carbocycles. The van der Waals surface area contributed by atoms with Gasteiger partial charge in [-0.1, -0.05) is 66.7 Å². The molecular weight excluding hydrogens is 304 g/mol. The summed E-state index contributed by atoms with van der Waals surface area (Å²) < 4.78 is 0. The van der Waals surface area contributed by atoms with E-state index in [2.05, 4.69) is 67.6 Å². The summed E-state index contributed by atoms with van der Waals surface area (Å²) in [5.74, 6) is 0. The minimum absolute atomic E-state index is 0.0305. The van der Waals surface area contributed by atoms with E-state index in [1.807, 2.05) is 19.1 Å². The van der Waals surface area contributed by atoms with E-state index in [1.165, 1.54) is 38.6 Å². The van der Waals surface area contributed by atoms with Crippen molar-refractivity contribution in [2.75, 3.05) is 0 Å². The lowest BCUT2D eigenvalue weighted by molar-refractivity contribution is 0.829. The third kappa shape index (κ3) is 3.49. The van der Waals surface area contributed by atoms with Crippen molar-refractivity contribution in [3.05, 3.63) is 90.1 Å². The smallest absolute Gasteiger partial charge is 0.0278 e. The third-order valence-electron chi connectivity index (χ3n) is 4.53. The van der Waals surface area contributed by atoms with Crippen LogP contribution in [0.4, 0.5) is 0 Å². The minimum atomic E-state index is -0.0305. The molecule has 1 atom stereocenters. The molecule has 0 amide bonds. The second-order valence-electron chi connectivity index (χ2n) is 6.35. The van der Waals surface area contributed by atoms with Crippen LogP contribution in [0.3, 0.4) is 0 Å². The number of hydrogen-bond donors (Lipinski definition) is 2. The van der Waals surface area contributed by atoms with Crippen molar-refractivity contribution in [2.45, 2.75) is 19.9 Å². The Balaban J connectivity index is 2.09. The molecular formula is C23H24N2. The average Bonchev–Trinajstić information content (AvgIpc) is 2.65. The van der Waals surface area contributed by atoms with E-state index in [9.17, 15) is 0 Å². The maximum Gasteiger partial charge on any atom is 0.0278 e. The Morgan fingerprint density at radius 1 is 0.960 bits per heavy atom. The standard InChI is InChI=1S/C23H24N2/c1-16(6-5-15-24)18-9-11-20(12-10-18)22-14-13-19-7-3-4-8-21(19)23(22)17(2)25/h3-15,17H,24-25H2,1-2H3/b15-5-,16-6+. The van der Waals surface area contributed by atoms with Crippen molar-refractivity contribution < 1.29 is 0 Å². The van der Waals surface area contributed by atoms with Gasteiger partial charge in [-0.2, -0.15) is 0 Å².